The van der Waals surface area contributed by atoms with Gasteiger partial charge in [-0.1, -0.05) is 60.7 Å². The Bertz CT molecular complexity index is 1250. The molecule has 0 saturated carbocycles. The van der Waals surface area contributed by atoms with Gasteiger partial charge >= 0.3 is 12.1 Å². The Hall–Kier alpha value is -4.39. The predicted octanol–water partition coefficient (Wildman–Crippen LogP) is 4.44. The third kappa shape index (κ3) is 5.41. The van der Waals surface area contributed by atoms with E-state index in [1.54, 1.807) is 12.1 Å². The number of hydrogen-bond acceptors (Lipinski definition) is 5. The quantitative estimate of drug-likeness (QED) is 0.419. The van der Waals surface area contributed by atoms with Gasteiger partial charge in [0.05, 0.1) is 6.04 Å². The first-order valence-electron chi connectivity index (χ1n) is 11.2. The molecule has 0 aromatic heterocycles. The minimum atomic E-state index is -1.22. The fraction of sp³-hybridized carbons (Fsp3) is 0.179. The van der Waals surface area contributed by atoms with Gasteiger partial charge in [0.15, 0.2) is 5.78 Å². The maximum Gasteiger partial charge on any atom is 0.407 e. The summed E-state index contributed by atoms with van der Waals surface area (Å²) in [4.78, 5) is 36.7. The second-order valence-corrected chi connectivity index (χ2v) is 8.43. The topological polar surface area (TPSA) is 113 Å². The zero-order chi connectivity index (χ0) is 24.9. The molecule has 0 radical (unpaired) electrons. The number of alkyl carbamates (subject to hydrolysis) is 1. The summed E-state index contributed by atoms with van der Waals surface area (Å²) in [6, 6.07) is 21.1. The molecule has 7 nitrogen and oxygen atoms in total. The van der Waals surface area contributed by atoms with Crippen LogP contribution in [0.15, 0.2) is 84.4 Å². The van der Waals surface area contributed by atoms with Gasteiger partial charge in [0.1, 0.15) is 12.4 Å². The van der Waals surface area contributed by atoms with E-state index in [0.717, 1.165) is 28.3 Å². The van der Waals surface area contributed by atoms with E-state index in [2.05, 4.69) is 5.32 Å². The van der Waals surface area contributed by atoms with Crippen LogP contribution in [-0.4, -0.2) is 40.7 Å². The van der Waals surface area contributed by atoms with E-state index in [-0.39, 0.29) is 30.3 Å². The van der Waals surface area contributed by atoms with E-state index < -0.39 is 23.9 Å². The summed E-state index contributed by atoms with van der Waals surface area (Å²) in [6.45, 7) is 1.40. The maximum absolute atomic E-state index is 12.8. The van der Waals surface area contributed by atoms with Crippen molar-refractivity contribution in [3.63, 3.8) is 0 Å². The molecule has 0 unspecified atom stereocenters. The lowest BCUT2D eigenvalue weighted by atomic mass is 9.98. The summed E-state index contributed by atoms with van der Waals surface area (Å²) < 4.78 is 5.55. The molecule has 7 heteroatoms. The van der Waals surface area contributed by atoms with E-state index in [0.29, 0.717) is 5.56 Å². The number of aliphatic carboxylic acids is 1. The highest BCUT2D eigenvalue weighted by Gasteiger charge is 2.29. The highest BCUT2D eigenvalue weighted by molar-refractivity contribution is 6.02. The first-order valence-corrected chi connectivity index (χ1v) is 11.2. The summed E-state index contributed by atoms with van der Waals surface area (Å²) in [7, 11) is 0. The van der Waals surface area contributed by atoms with Gasteiger partial charge in [0.2, 0.25) is 0 Å². The Kier molecular flexibility index (Phi) is 6.96. The average molecular weight is 472 g/mol. The van der Waals surface area contributed by atoms with Gasteiger partial charge in [-0.2, -0.15) is 0 Å². The van der Waals surface area contributed by atoms with Gasteiger partial charge in [-0.05, 0) is 52.9 Å². The number of amides is 1. The molecule has 0 heterocycles. The number of ether oxygens (including phenoxy) is 1. The second-order valence-electron chi connectivity index (χ2n) is 8.43. The molecule has 1 aliphatic carbocycles. The smallest absolute Gasteiger partial charge is 0.407 e. The molecule has 0 fully saturated rings. The fourth-order valence-corrected chi connectivity index (χ4v) is 4.25. The standard InChI is InChI=1S/C28H25NO6/c1-17(27(32)33)14-26(31)25(15-18-10-12-19(30)13-11-18)29-28(34)35-16-24-22-8-4-2-6-20(22)21-7-3-5-9-23(21)24/h2-14,24-25,30H,15-16H2,1H3,(H,29,34)(H,32,33)/t25-/m0/s1. The molecule has 0 spiro atoms. The van der Waals surface area contributed by atoms with Crippen molar-refractivity contribution in [1.29, 1.82) is 0 Å². The van der Waals surface area contributed by atoms with Crippen LogP contribution < -0.4 is 5.32 Å². The zero-order valence-electron chi connectivity index (χ0n) is 19.1. The normalized spacial score (nSPS) is 13.5. The molecule has 0 aliphatic heterocycles. The highest BCUT2D eigenvalue weighted by atomic mass is 16.5. The first-order chi connectivity index (χ1) is 16.8. The van der Waals surface area contributed by atoms with Crippen LogP contribution >= 0.6 is 0 Å². The van der Waals surface area contributed by atoms with Crippen molar-refractivity contribution in [2.45, 2.75) is 25.3 Å². The number of phenolic OH excluding ortho intramolecular Hbond substituents is 1. The monoisotopic (exact) mass is 471 g/mol. The molecule has 35 heavy (non-hydrogen) atoms. The minimum absolute atomic E-state index is 0.0720. The number of nitrogens with one attached hydrogen (secondary N) is 1. The lowest BCUT2D eigenvalue weighted by Crippen LogP contribution is -2.42. The number of carboxylic acid groups (broad SMARTS) is 1. The maximum atomic E-state index is 12.8. The number of hydrogen-bond donors (Lipinski definition) is 3. The van der Waals surface area contributed by atoms with Crippen LogP contribution in [0.25, 0.3) is 11.1 Å². The van der Waals surface area contributed by atoms with Crippen LogP contribution in [0.2, 0.25) is 0 Å². The largest absolute Gasteiger partial charge is 0.508 e. The summed E-state index contributed by atoms with van der Waals surface area (Å²) in [5.41, 5.74) is 4.89. The Labute approximate surface area is 202 Å². The van der Waals surface area contributed by atoms with Crippen LogP contribution in [0.3, 0.4) is 0 Å². The minimum Gasteiger partial charge on any atom is -0.508 e. The number of benzene rings is 3. The molecule has 178 valence electrons. The van der Waals surface area contributed by atoms with E-state index in [1.165, 1.54) is 19.1 Å². The summed E-state index contributed by atoms with van der Waals surface area (Å²) in [6.07, 6.45) is 0.328. The molecular formula is C28H25NO6. The van der Waals surface area contributed by atoms with Crippen LogP contribution in [0.4, 0.5) is 4.79 Å². The Balaban J connectivity index is 1.49. The molecule has 3 aromatic rings. The molecular weight excluding hydrogens is 446 g/mol. The molecule has 1 amide bonds. The number of fused-ring (bicyclic) bond motifs is 3. The number of aromatic hydroxyl groups is 1. The van der Waals surface area contributed by atoms with Crippen LogP contribution in [0.1, 0.15) is 29.5 Å². The molecule has 1 atom stereocenters. The van der Waals surface area contributed by atoms with Gasteiger partial charge in [0.25, 0.3) is 0 Å². The lowest BCUT2D eigenvalue weighted by molar-refractivity contribution is -0.132. The predicted molar refractivity (Wildman–Crippen MR) is 130 cm³/mol. The van der Waals surface area contributed by atoms with E-state index >= 15 is 0 Å². The van der Waals surface area contributed by atoms with Crippen LogP contribution in [-0.2, 0) is 20.7 Å². The van der Waals surface area contributed by atoms with E-state index in [1.807, 2.05) is 48.5 Å². The summed E-state index contributed by atoms with van der Waals surface area (Å²) >= 11 is 0. The molecule has 4 rings (SSSR count). The fourth-order valence-electron chi connectivity index (χ4n) is 4.25. The number of carbonyl (C=O) groups is 3. The Morgan fingerprint density at radius 3 is 2.09 bits per heavy atom. The van der Waals surface area contributed by atoms with Gasteiger partial charge in [0, 0.05) is 17.9 Å². The van der Waals surface area contributed by atoms with Crippen molar-refractivity contribution >= 4 is 17.8 Å². The number of rotatable bonds is 8. The Morgan fingerprint density at radius 1 is 0.943 bits per heavy atom. The van der Waals surface area contributed by atoms with Crippen molar-refractivity contribution in [3.8, 4) is 16.9 Å². The van der Waals surface area contributed by atoms with Gasteiger partial charge in [-0.3, -0.25) is 4.79 Å². The van der Waals surface area contributed by atoms with Crippen molar-refractivity contribution in [3.05, 3.63) is 101 Å². The van der Waals surface area contributed by atoms with Gasteiger partial charge in [-0.25, -0.2) is 9.59 Å². The van der Waals surface area contributed by atoms with Crippen molar-refractivity contribution in [2.24, 2.45) is 0 Å². The zero-order valence-corrected chi connectivity index (χ0v) is 19.1. The van der Waals surface area contributed by atoms with Crippen LogP contribution in [0.5, 0.6) is 5.75 Å². The molecule has 0 bridgehead atoms. The Morgan fingerprint density at radius 2 is 1.51 bits per heavy atom. The van der Waals surface area contributed by atoms with Crippen molar-refractivity contribution in [2.75, 3.05) is 6.61 Å². The molecule has 3 aromatic carbocycles. The summed E-state index contributed by atoms with van der Waals surface area (Å²) in [5, 5.41) is 21.2. The van der Waals surface area contributed by atoms with Crippen molar-refractivity contribution < 1.29 is 29.3 Å². The van der Waals surface area contributed by atoms with Crippen molar-refractivity contribution in [1.82, 2.24) is 5.32 Å². The SMILES string of the molecule is CC(=CC(=O)[C@H](Cc1ccc(O)cc1)NC(=O)OCC1c2ccccc2-c2ccccc21)C(=O)O. The van der Waals surface area contributed by atoms with E-state index in [9.17, 15) is 19.5 Å². The molecule has 1 aliphatic rings. The molecule has 0 saturated heterocycles. The van der Waals surface area contributed by atoms with Gasteiger partial charge < -0.3 is 20.3 Å². The highest BCUT2D eigenvalue weighted by Crippen LogP contribution is 2.44. The number of carbonyl (C=O) groups excluding carboxylic acids is 2. The van der Waals surface area contributed by atoms with E-state index in [4.69, 9.17) is 9.84 Å². The third-order valence-corrected chi connectivity index (χ3v) is 6.05. The number of carboxylic acids is 1. The third-order valence-electron chi connectivity index (χ3n) is 6.05. The summed E-state index contributed by atoms with van der Waals surface area (Å²) in [5.74, 6) is -1.84. The average Bonchev–Trinajstić information content (AvgIpc) is 3.17. The first kappa shape index (κ1) is 23.8. The van der Waals surface area contributed by atoms with Crippen LogP contribution in [0, 0.1) is 0 Å². The number of phenols is 1. The van der Waals surface area contributed by atoms with Gasteiger partial charge in [-0.15, -0.1) is 0 Å². The number of ketones is 1. The lowest BCUT2D eigenvalue weighted by Gasteiger charge is -2.19. The molecule has 3 N–H and O–H groups in total. The second kappa shape index (κ2) is 10.3.